The standard InChI is InChI=1S/C16H29N3O5/c1-2-3-4-6-12(9-14(21)18-24)16(23)17-10-15(22)19-8-5-7-13(19)11-20/h12-13,20,24H,2-11H2,1H3,(H,17,23)(H,18,21). The molecular formula is C16H29N3O5. The van der Waals surface area contributed by atoms with Gasteiger partial charge in [0.15, 0.2) is 0 Å². The van der Waals surface area contributed by atoms with Gasteiger partial charge in [-0.1, -0.05) is 26.2 Å². The molecule has 138 valence electrons. The molecule has 3 amide bonds. The number of likely N-dealkylation sites (tertiary alicyclic amines) is 1. The van der Waals surface area contributed by atoms with E-state index in [0.29, 0.717) is 13.0 Å². The van der Waals surface area contributed by atoms with Gasteiger partial charge in [0, 0.05) is 18.9 Å². The third kappa shape index (κ3) is 6.45. The Labute approximate surface area is 142 Å². The molecule has 0 aromatic heterocycles. The number of aliphatic hydroxyl groups excluding tert-OH is 1. The third-order valence-electron chi connectivity index (χ3n) is 4.41. The van der Waals surface area contributed by atoms with Crippen LogP contribution in [0.15, 0.2) is 0 Å². The van der Waals surface area contributed by atoms with E-state index in [1.807, 2.05) is 6.92 Å². The van der Waals surface area contributed by atoms with Crippen LogP contribution in [0.25, 0.3) is 0 Å². The van der Waals surface area contributed by atoms with E-state index in [-0.39, 0.29) is 37.4 Å². The molecule has 1 rings (SSSR count). The Morgan fingerprint density at radius 3 is 2.67 bits per heavy atom. The molecule has 8 nitrogen and oxygen atoms in total. The van der Waals surface area contributed by atoms with Crippen molar-refractivity contribution in [3.8, 4) is 0 Å². The van der Waals surface area contributed by atoms with Crippen molar-refractivity contribution in [2.24, 2.45) is 5.92 Å². The molecule has 0 saturated carbocycles. The summed E-state index contributed by atoms with van der Waals surface area (Å²) in [5.41, 5.74) is 1.54. The van der Waals surface area contributed by atoms with Gasteiger partial charge in [0.1, 0.15) is 0 Å². The summed E-state index contributed by atoms with van der Waals surface area (Å²) >= 11 is 0. The molecular weight excluding hydrogens is 314 g/mol. The summed E-state index contributed by atoms with van der Waals surface area (Å²) in [4.78, 5) is 37.4. The zero-order chi connectivity index (χ0) is 17.9. The van der Waals surface area contributed by atoms with Gasteiger partial charge >= 0.3 is 0 Å². The highest BCUT2D eigenvalue weighted by Gasteiger charge is 2.29. The van der Waals surface area contributed by atoms with Crippen LogP contribution in [0.1, 0.15) is 51.9 Å². The van der Waals surface area contributed by atoms with Crippen molar-refractivity contribution in [3.63, 3.8) is 0 Å². The van der Waals surface area contributed by atoms with E-state index >= 15 is 0 Å². The Morgan fingerprint density at radius 1 is 1.29 bits per heavy atom. The molecule has 8 heteroatoms. The molecule has 0 aromatic rings. The monoisotopic (exact) mass is 343 g/mol. The molecule has 2 unspecified atom stereocenters. The van der Waals surface area contributed by atoms with Crippen LogP contribution in [0.4, 0.5) is 0 Å². The number of hydroxylamine groups is 1. The first-order valence-corrected chi connectivity index (χ1v) is 8.64. The number of amides is 3. The molecule has 0 spiro atoms. The maximum absolute atomic E-state index is 12.3. The molecule has 2 atom stereocenters. The average molecular weight is 343 g/mol. The van der Waals surface area contributed by atoms with Crippen LogP contribution in [-0.2, 0) is 14.4 Å². The number of nitrogens with one attached hydrogen (secondary N) is 2. The third-order valence-corrected chi connectivity index (χ3v) is 4.41. The number of carbonyl (C=O) groups excluding carboxylic acids is 3. The van der Waals surface area contributed by atoms with Crippen LogP contribution in [0.3, 0.4) is 0 Å². The molecule has 1 heterocycles. The van der Waals surface area contributed by atoms with Gasteiger partial charge in [-0.15, -0.1) is 0 Å². The minimum Gasteiger partial charge on any atom is -0.394 e. The lowest BCUT2D eigenvalue weighted by atomic mass is 9.96. The Balaban J connectivity index is 2.50. The first-order chi connectivity index (χ1) is 11.5. The van der Waals surface area contributed by atoms with Crippen molar-refractivity contribution < 1.29 is 24.7 Å². The SMILES string of the molecule is CCCCCC(CC(=O)NO)C(=O)NCC(=O)N1CCCC1CO. The molecule has 0 bridgehead atoms. The number of hydrogen-bond donors (Lipinski definition) is 4. The van der Waals surface area contributed by atoms with Gasteiger partial charge < -0.3 is 15.3 Å². The van der Waals surface area contributed by atoms with Gasteiger partial charge in [-0.3, -0.25) is 19.6 Å². The van der Waals surface area contributed by atoms with Gasteiger partial charge in [-0.2, -0.15) is 0 Å². The van der Waals surface area contributed by atoms with Crippen molar-refractivity contribution in [1.82, 2.24) is 15.7 Å². The van der Waals surface area contributed by atoms with Crippen LogP contribution in [0.5, 0.6) is 0 Å². The molecule has 1 aliphatic rings. The summed E-state index contributed by atoms with van der Waals surface area (Å²) in [5.74, 6) is -1.76. The second-order valence-corrected chi connectivity index (χ2v) is 6.22. The quantitative estimate of drug-likeness (QED) is 0.256. The second-order valence-electron chi connectivity index (χ2n) is 6.22. The fraction of sp³-hybridized carbons (Fsp3) is 0.812. The summed E-state index contributed by atoms with van der Waals surface area (Å²) in [5, 5.41) is 20.5. The van der Waals surface area contributed by atoms with Gasteiger partial charge in [0.2, 0.25) is 17.7 Å². The van der Waals surface area contributed by atoms with Crippen molar-refractivity contribution in [2.75, 3.05) is 19.7 Å². The lowest BCUT2D eigenvalue weighted by molar-refractivity contribution is -0.137. The molecule has 1 fully saturated rings. The van der Waals surface area contributed by atoms with E-state index in [9.17, 15) is 19.5 Å². The molecule has 24 heavy (non-hydrogen) atoms. The highest BCUT2D eigenvalue weighted by molar-refractivity contribution is 5.88. The highest BCUT2D eigenvalue weighted by Crippen LogP contribution is 2.17. The summed E-state index contributed by atoms with van der Waals surface area (Å²) in [7, 11) is 0. The van der Waals surface area contributed by atoms with E-state index in [4.69, 9.17) is 5.21 Å². The van der Waals surface area contributed by atoms with Crippen LogP contribution in [-0.4, -0.2) is 58.7 Å². The maximum Gasteiger partial charge on any atom is 0.244 e. The lowest BCUT2D eigenvalue weighted by Gasteiger charge is -2.23. The molecule has 0 aromatic carbocycles. The predicted octanol–water partition coefficient (Wildman–Crippen LogP) is 0.178. The fourth-order valence-corrected chi connectivity index (χ4v) is 3.00. The van der Waals surface area contributed by atoms with E-state index in [2.05, 4.69) is 5.32 Å². The number of nitrogens with zero attached hydrogens (tertiary/aromatic N) is 1. The maximum atomic E-state index is 12.3. The summed E-state index contributed by atoms with van der Waals surface area (Å²) < 4.78 is 0. The minimum atomic E-state index is -0.613. The topological polar surface area (TPSA) is 119 Å². The van der Waals surface area contributed by atoms with Crippen LogP contribution < -0.4 is 10.8 Å². The summed E-state index contributed by atoms with van der Waals surface area (Å²) in [6, 6.07) is -0.171. The average Bonchev–Trinajstić information content (AvgIpc) is 3.07. The van der Waals surface area contributed by atoms with Gasteiger partial charge in [0.05, 0.1) is 19.2 Å². The Kier molecular flexibility index (Phi) is 9.33. The Hall–Kier alpha value is -1.67. The highest BCUT2D eigenvalue weighted by atomic mass is 16.5. The van der Waals surface area contributed by atoms with Gasteiger partial charge in [-0.25, -0.2) is 5.48 Å². The number of hydrogen-bond acceptors (Lipinski definition) is 5. The fourth-order valence-electron chi connectivity index (χ4n) is 3.00. The second kappa shape index (κ2) is 11.0. The summed E-state index contributed by atoms with van der Waals surface area (Å²) in [6.07, 6.45) is 4.80. The number of aliphatic hydroxyl groups is 1. The molecule has 1 aliphatic heterocycles. The molecule has 0 radical (unpaired) electrons. The van der Waals surface area contributed by atoms with E-state index in [0.717, 1.165) is 32.1 Å². The van der Waals surface area contributed by atoms with Crippen molar-refractivity contribution in [3.05, 3.63) is 0 Å². The first kappa shape index (κ1) is 20.4. The minimum absolute atomic E-state index is 0.0734. The summed E-state index contributed by atoms with van der Waals surface area (Å²) in [6.45, 7) is 2.42. The Bertz CT molecular complexity index is 430. The van der Waals surface area contributed by atoms with Crippen molar-refractivity contribution >= 4 is 17.7 Å². The normalized spacial score (nSPS) is 18.3. The number of rotatable bonds is 10. The van der Waals surface area contributed by atoms with E-state index in [1.54, 1.807) is 10.4 Å². The van der Waals surface area contributed by atoms with Gasteiger partial charge in [-0.05, 0) is 19.3 Å². The predicted molar refractivity (Wildman–Crippen MR) is 87.0 cm³/mol. The zero-order valence-corrected chi connectivity index (χ0v) is 14.3. The van der Waals surface area contributed by atoms with Crippen LogP contribution in [0.2, 0.25) is 0 Å². The van der Waals surface area contributed by atoms with Crippen molar-refractivity contribution in [1.29, 1.82) is 0 Å². The van der Waals surface area contributed by atoms with E-state index < -0.39 is 11.8 Å². The largest absolute Gasteiger partial charge is 0.394 e. The van der Waals surface area contributed by atoms with Crippen LogP contribution >= 0.6 is 0 Å². The molecule has 1 saturated heterocycles. The smallest absolute Gasteiger partial charge is 0.244 e. The Morgan fingerprint density at radius 2 is 2.04 bits per heavy atom. The molecule has 0 aliphatic carbocycles. The first-order valence-electron chi connectivity index (χ1n) is 8.64. The number of carbonyl (C=O) groups is 3. The van der Waals surface area contributed by atoms with E-state index in [1.165, 1.54) is 0 Å². The van der Waals surface area contributed by atoms with Gasteiger partial charge in [0.25, 0.3) is 0 Å². The zero-order valence-electron chi connectivity index (χ0n) is 14.3. The van der Waals surface area contributed by atoms with Crippen molar-refractivity contribution in [2.45, 2.75) is 57.9 Å². The number of unbranched alkanes of at least 4 members (excludes halogenated alkanes) is 2. The van der Waals surface area contributed by atoms with Crippen LogP contribution in [0, 0.1) is 5.92 Å². The molecule has 4 N–H and O–H groups in total. The lowest BCUT2D eigenvalue weighted by Crippen LogP contribution is -2.45.